The lowest BCUT2D eigenvalue weighted by Gasteiger charge is -2.23. The van der Waals surface area contributed by atoms with Gasteiger partial charge in [-0.25, -0.2) is 0 Å². The van der Waals surface area contributed by atoms with Gasteiger partial charge in [-0.3, -0.25) is 4.79 Å². The van der Waals surface area contributed by atoms with Crippen LogP contribution in [0.5, 0.6) is 5.75 Å². The summed E-state index contributed by atoms with van der Waals surface area (Å²) in [7, 11) is 0. The molecular weight excluding hydrogens is 354 g/mol. The molecule has 28 heavy (non-hydrogen) atoms. The lowest BCUT2D eigenvalue weighted by molar-refractivity contribution is 0.0950. The quantitative estimate of drug-likeness (QED) is 0.713. The van der Waals surface area contributed by atoms with Crippen molar-refractivity contribution in [3.63, 3.8) is 0 Å². The average molecular weight is 377 g/mol. The van der Waals surface area contributed by atoms with Crippen LogP contribution < -0.4 is 10.1 Å². The van der Waals surface area contributed by atoms with E-state index in [1.54, 1.807) is 6.07 Å². The number of nitrogens with zero attached hydrogens (tertiary/aromatic N) is 4. The van der Waals surface area contributed by atoms with Gasteiger partial charge in [-0.15, -0.1) is 5.10 Å². The summed E-state index contributed by atoms with van der Waals surface area (Å²) < 4.78 is 7.60. The van der Waals surface area contributed by atoms with Gasteiger partial charge in [-0.2, -0.15) is 4.68 Å². The number of amides is 1. The Morgan fingerprint density at radius 1 is 1.11 bits per heavy atom. The van der Waals surface area contributed by atoms with E-state index in [1.165, 1.54) is 30.3 Å². The number of carbonyl (C=O) groups excluding carboxylic acids is 1. The van der Waals surface area contributed by atoms with E-state index < -0.39 is 0 Å². The second-order valence-corrected chi connectivity index (χ2v) is 6.98. The Morgan fingerprint density at radius 2 is 1.96 bits per heavy atom. The molecule has 1 amide bonds. The first-order valence-electron chi connectivity index (χ1n) is 9.66. The number of tetrazole rings is 1. The fraction of sp³-hybridized carbons (Fsp3) is 0.333. The molecule has 0 radical (unpaired) electrons. The predicted octanol–water partition coefficient (Wildman–Crippen LogP) is 3.30. The topological polar surface area (TPSA) is 81.9 Å². The highest BCUT2D eigenvalue weighted by Gasteiger charge is 2.15. The lowest BCUT2D eigenvalue weighted by Crippen LogP contribution is -2.24. The van der Waals surface area contributed by atoms with Gasteiger partial charge in [0.05, 0.1) is 17.4 Å². The fourth-order valence-corrected chi connectivity index (χ4v) is 3.52. The third-order valence-electron chi connectivity index (χ3n) is 4.95. The first-order chi connectivity index (χ1) is 13.8. The van der Waals surface area contributed by atoms with E-state index in [0.29, 0.717) is 23.9 Å². The third kappa shape index (κ3) is 4.36. The number of carbonyl (C=O) groups is 1. The summed E-state index contributed by atoms with van der Waals surface area (Å²) in [6.45, 7) is 0.421. The summed E-state index contributed by atoms with van der Waals surface area (Å²) in [6, 6.07) is 15.2. The molecule has 1 aliphatic rings. The van der Waals surface area contributed by atoms with Crippen molar-refractivity contribution in [3.8, 4) is 11.4 Å². The van der Waals surface area contributed by atoms with Crippen LogP contribution >= 0.6 is 0 Å². The maximum absolute atomic E-state index is 12.7. The van der Waals surface area contributed by atoms with Crippen molar-refractivity contribution in [2.24, 2.45) is 0 Å². The zero-order chi connectivity index (χ0) is 19.2. The van der Waals surface area contributed by atoms with Crippen molar-refractivity contribution < 1.29 is 9.53 Å². The van der Waals surface area contributed by atoms with Gasteiger partial charge in [0, 0.05) is 6.54 Å². The number of benzene rings is 2. The molecule has 7 heteroatoms. The molecule has 0 aliphatic heterocycles. The van der Waals surface area contributed by atoms with Gasteiger partial charge < -0.3 is 10.1 Å². The molecule has 1 saturated carbocycles. The predicted molar refractivity (Wildman–Crippen MR) is 104 cm³/mol. The van der Waals surface area contributed by atoms with Gasteiger partial charge in [0.15, 0.2) is 0 Å². The molecule has 1 heterocycles. The number of aromatic nitrogens is 4. The van der Waals surface area contributed by atoms with E-state index in [0.717, 1.165) is 24.2 Å². The SMILES string of the molecule is O=C(NCc1cccc(OC2CCCCC2)c1)c1ccccc1-n1cnnn1. The van der Waals surface area contributed by atoms with Crippen LogP contribution in [0.4, 0.5) is 0 Å². The largest absolute Gasteiger partial charge is 0.490 e. The standard InChI is InChI=1S/C21H23N5O2/c27-21(19-11-4-5-12-20(19)26-15-23-24-25-26)22-14-16-7-6-10-18(13-16)28-17-8-2-1-3-9-17/h4-7,10-13,15,17H,1-3,8-9,14H2,(H,22,27). The van der Waals surface area contributed by atoms with Crippen LogP contribution in [0.3, 0.4) is 0 Å². The molecule has 144 valence electrons. The Bertz CT molecular complexity index is 920. The highest BCUT2D eigenvalue weighted by molar-refractivity contribution is 5.97. The molecule has 0 atom stereocenters. The summed E-state index contributed by atoms with van der Waals surface area (Å²) in [5.74, 6) is 0.692. The van der Waals surface area contributed by atoms with E-state index in [-0.39, 0.29) is 5.91 Å². The Morgan fingerprint density at radius 3 is 2.79 bits per heavy atom. The maximum Gasteiger partial charge on any atom is 0.253 e. The summed E-state index contributed by atoms with van der Waals surface area (Å²) in [4.78, 5) is 12.7. The van der Waals surface area contributed by atoms with Gasteiger partial charge in [-0.05, 0) is 65.9 Å². The van der Waals surface area contributed by atoms with Crippen molar-refractivity contribution in [2.75, 3.05) is 0 Å². The molecule has 0 saturated heterocycles. The van der Waals surface area contributed by atoms with E-state index in [2.05, 4.69) is 20.8 Å². The van der Waals surface area contributed by atoms with Crippen LogP contribution in [0.15, 0.2) is 54.9 Å². The first kappa shape index (κ1) is 18.2. The van der Waals surface area contributed by atoms with Crippen molar-refractivity contribution in [1.29, 1.82) is 0 Å². The van der Waals surface area contributed by atoms with Gasteiger partial charge >= 0.3 is 0 Å². The Hall–Kier alpha value is -3.22. The normalized spacial score (nSPS) is 14.6. The molecule has 1 fully saturated rings. The van der Waals surface area contributed by atoms with Crippen molar-refractivity contribution in [1.82, 2.24) is 25.5 Å². The molecule has 2 aromatic carbocycles. The number of hydrogen-bond acceptors (Lipinski definition) is 5. The summed E-state index contributed by atoms with van der Waals surface area (Å²) in [6.07, 6.45) is 7.80. The van der Waals surface area contributed by atoms with Crippen LogP contribution in [0.1, 0.15) is 48.0 Å². The molecule has 0 unspecified atom stereocenters. The Balaban J connectivity index is 1.41. The van der Waals surface area contributed by atoms with Gasteiger partial charge in [-0.1, -0.05) is 30.7 Å². The van der Waals surface area contributed by atoms with E-state index in [4.69, 9.17) is 4.74 Å². The second-order valence-electron chi connectivity index (χ2n) is 6.98. The van der Waals surface area contributed by atoms with Crippen LogP contribution in [-0.4, -0.2) is 32.2 Å². The van der Waals surface area contributed by atoms with Crippen molar-refractivity contribution in [2.45, 2.75) is 44.8 Å². The number of rotatable bonds is 6. The Kier molecular flexibility index (Phi) is 5.61. The number of ether oxygens (including phenoxy) is 1. The highest BCUT2D eigenvalue weighted by Crippen LogP contribution is 2.24. The number of hydrogen-bond donors (Lipinski definition) is 1. The van der Waals surface area contributed by atoms with Gasteiger partial charge in [0.25, 0.3) is 5.91 Å². The van der Waals surface area contributed by atoms with E-state index in [1.807, 2.05) is 42.5 Å². The zero-order valence-corrected chi connectivity index (χ0v) is 15.6. The maximum atomic E-state index is 12.7. The molecule has 0 bridgehead atoms. The monoisotopic (exact) mass is 377 g/mol. The molecule has 1 N–H and O–H groups in total. The smallest absolute Gasteiger partial charge is 0.253 e. The van der Waals surface area contributed by atoms with Crippen molar-refractivity contribution >= 4 is 5.91 Å². The lowest BCUT2D eigenvalue weighted by atomic mass is 9.98. The summed E-state index contributed by atoms with van der Waals surface area (Å²) in [5, 5.41) is 14.1. The van der Waals surface area contributed by atoms with Crippen LogP contribution in [0.25, 0.3) is 5.69 Å². The second kappa shape index (κ2) is 8.65. The van der Waals surface area contributed by atoms with Crippen molar-refractivity contribution in [3.05, 3.63) is 66.0 Å². The fourth-order valence-electron chi connectivity index (χ4n) is 3.52. The average Bonchev–Trinajstić information content (AvgIpc) is 3.28. The minimum Gasteiger partial charge on any atom is -0.490 e. The molecule has 0 spiro atoms. The van der Waals surface area contributed by atoms with E-state index in [9.17, 15) is 4.79 Å². The summed E-state index contributed by atoms with van der Waals surface area (Å²) in [5.41, 5.74) is 2.16. The minimum absolute atomic E-state index is 0.176. The Labute approximate surface area is 163 Å². The third-order valence-corrected chi connectivity index (χ3v) is 4.95. The molecular formula is C21H23N5O2. The molecule has 7 nitrogen and oxygen atoms in total. The van der Waals surface area contributed by atoms with Crippen LogP contribution in [0, 0.1) is 0 Å². The minimum atomic E-state index is -0.176. The number of nitrogens with one attached hydrogen (secondary N) is 1. The number of para-hydroxylation sites is 1. The molecule has 1 aromatic heterocycles. The molecule has 3 aromatic rings. The zero-order valence-electron chi connectivity index (χ0n) is 15.6. The summed E-state index contributed by atoms with van der Waals surface area (Å²) >= 11 is 0. The molecule has 1 aliphatic carbocycles. The van der Waals surface area contributed by atoms with Crippen LogP contribution in [0.2, 0.25) is 0 Å². The van der Waals surface area contributed by atoms with E-state index >= 15 is 0 Å². The highest BCUT2D eigenvalue weighted by atomic mass is 16.5. The molecule has 4 rings (SSSR count). The van der Waals surface area contributed by atoms with Gasteiger partial charge in [0.1, 0.15) is 12.1 Å². The first-order valence-corrected chi connectivity index (χ1v) is 9.66. The van der Waals surface area contributed by atoms with Crippen LogP contribution in [-0.2, 0) is 6.54 Å². The van der Waals surface area contributed by atoms with Gasteiger partial charge in [0.2, 0.25) is 0 Å².